The van der Waals surface area contributed by atoms with Crippen molar-refractivity contribution in [1.82, 2.24) is 35.0 Å². The van der Waals surface area contributed by atoms with Crippen molar-refractivity contribution >= 4 is 21.8 Å². The van der Waals surface area contributed by atoms with Gasteiger partial charge in [0.05, 0.1) is 28.8 Å². The maximum absolute atomic E-state index is 14.2. The predicted octanol–water partition coefficient (Wildman–Crippen LogP) is 6.66. The zero-order valence-electron chi connectivity index (χ0n) is 21.7. The molecule has 6 heterocycles. The Morgan fingerprint density at radius 3 is 2.59 bits per heavy atom. The number of fused-ring (bicyclic) bond motifs is 2. The number of pyridine rings is 3. The van der Waals surface area contributed by atoms with Crippen molar-refractivity contribution in [2.75, 3.05) is 13.1 Å². The van der Waals surface area contributed by atoms with Crippen LogP contribution >= 0.6 is 0 Å². The minimum absolute atomic E-state index is 0.271. The fourth-order valence-corrected chi connectivity index (χ4v) is 5.65. The number of aromatic amines is 2. The lowest BCUT2D eigenvalue weighted by Gasteiger charge is -2.26. The van der Waals surface area contributed by atoms with Crippen LogP contribution in [-0.4, -0.2) is 48.1 Å². The van der Waals surface area contributed by atoms with Crippen LogP contribution in [-0.2, 0) is 6.54 Å². The molecule has 0 saturated carbocycles. The summed E-state index contributed by atoms with van der Waals surface area (Å²) in [6.07, 6.45) is 11.2. The number of nitrogens with one attached hydrogen (secondary N) is 2. The van der Waals surface area contributed by atoms with Crippen LogP contribution in [0, 0.1) is 12.7 Å². The zero-order valence-corrected chi connectivity index (χ0v) is 21.7. The number of piperidine rings is 1. The molecule has 2 N–H and O–H groups in total. The summed E-state index contributed by atoms with van der Waals surface area (Å²) in [7, 11) is 0. The second kappa shape index (κ2) is 9.71. The number of nitrogens with zero attached hydrogens (tertiary/aromatic N) is 5. The zero-order chi connectivity index (χ0) is 26.3. The van der Waals surface area contributed by atoms with Crippen molar-refractivity contribution in [3.8, 4) is 33.9 Å². The molecule has 0 aliphatic carbocycles. The molecule has 0 amide bonds. The average molecular weight is 518 g/mol. The van der Waals surface area contributed by atoms with Gasteiger partial charge in [0, 0.05) is 52.6 Å². The van der Waals surface area contributed by atoms with Gasteiger partial charge in [0.25, 0.3) is 0 Å². The molecule has 0 bridgehead atoms. The molecule has 194 valence electrons. The van der Waals surface area contributed by atoms with Gasteiger partial charge in [-0.1, -0.05) is 6.42 Å². The van der Waals surface area contributed by atoms with Crippen molar-refractivity contribution in [3.63, 3.8) is 0 Å². The molecule has 0 unspecified atom stereocenters. The highest BCUT2D eigenvalue weighted by molar-refractivity contribution is 6.00. The smallest absolute Gasteiger partial charge is 0.124 e. The van der Waals surface area contributed by atoms with Crippen LogP contribution in [0.3, 0.4) is 0 Å². The summed E-state index contributed by atoms with van der Waals surface area (Å²) in [6, 6.07) is 13.2. The highest BCUT2D eigenvalue weighted by Gasteiger charge is 2.17. The van der Waals surface area contributed by atoms with Gasteiger partial charge in [-0.2, -0.15) is 5.10 Å². The lowest BCUT2D eigenvalue weighted by molar-refractivity contribution is 0.220. The molecule has 7 nitrogen and oxygen atoms in total. The Balaban J connectivity index is 1.26. The van der Waals surface area contributed by atoms with Gasteiger partial charge in [-0.3, -0.25) is 25.0 Å². The second-order valence-electron chi connectivity index (χ2n) is 10.4. The molecule has 1 aromatic carbocycles. The molecule has 0 spiro atoms. The SMILES string of the molecule is Cc1cc(F)cc(-c2nccc3[nH]c(-c4n[nH]c5cnc(-c6cncc(CN7CCCCC7)c6)cc45)cc23)c1. The maximum Gasteiger partial charge on any atom is 0.124 e. The van der Waals surface area contributed by atoms with Gasteiger partial charge >= 0.3 is 0 Å². The van der Waals surface area contributed by atoms with Gasteiger partial charge in [0.15, 0.2) is 0 Å². The molecule has 7 rings (SSSR count). The van der Waals surface area contributed by atoms with E-state index < -0.39 is 0 Å². The summed E-state index contributed by atoms with van der Waals surface area (Å²) in [5.41, 5.74) is 8.79. The number of aryl methyl sites for hydroxylation is 1. The third-order valence-corrected chi connectivity index (χ3v) is 7.51. The van der Waals surface area contributed by atoms with Crippen LogP contribution in [0.1, 0.15) is 30.4 Å². The first kappa shape index (κ1) is 23.7. The molecule has 0 atom stereocenters. The number of hydrogen-bond acceptors (Lipinski definition) is 5. The Bertz CT molecular complexity index is 1790. The lowest BCUT2D eigenvalue weighted by atomic mass is 10.0. The number of H-pyrrole nitrogens is 2. The van der Waals surface area contributed by atoms with Gasteiger partial charge in [-0.15, -0.1) is 0 Å². The Morgan fingerprint density at radius 1 is 0.846 bits per heavy atom. The van der Waals surface area contributed by atoms with Crippen molar-refractivity contribution in [2.45, 2.75) is 32.7 Å². The highest BCUT2D eigenvalue weighted by Crippen LogP contribution is 2.34. The number of likely N-dealkylation sites (tertiary alicyclic amines) is 1. The Labute approximate surface area is 225 Å². The van der Waals surface area contributed by atoms with Crippen molar-refractivity contribution in [1.29, 1.82) is 0 Å². The van der Waals surface area contributed by atoms with Crippen LogP contribution in [0.15, 0.2) is 67.3 Å². The van der Waals surface area contributed by atoms with E-state index in [0.717, 1.165) is 80.9 Å². The number of benzene rings is 1. The van der Waals surface area contributed by atoms with E-state index in [9.17, 15) is 4.39 Å². The van der Waals surface area contributed by atoms with Gasteiger partial charge in [-0.25, -0.2) is 4.39 Å². The van der Waals surface area contributed by atoms with E-state index in [1.54, 1.807) is 6.20 Å². The Kier molecular flexibility index (Phi) is 5.89. The van der Waals surface area contributed by atoms with E-state index in [-0.39, 0.29) is 5.82 Å². The van der Waals surface area contributed by atoms with E-state index in [4.69, 9.17) is 4.98 Å². The maximum atomic E-state index is 14.2. The monoisotopic (exact) mass is 517 g/mol. The van der Waals surface area contributed by atoms with Gasteiger partial charge in [0.1, 0.15) is 11.5 Å². The fraction of sp³-hybridized carbons (Fsp3) is 0.226. The Hall–Kier alpha value is -4.43. The number of aromatic nitrogens is 6. The third kappa shape index (κ3) is 4.57. The normalized spacial score (nSPS) is 14.4. The lowest BCUT2D eigenvalue weighted by Crippen LogP contribution is -2.29. The first-order valence-corrected chi connectivity index (χ1v) is 13.4. The first-order chi connectivity index (χ1) is 19.1. The van der Waals surface area contributed by atoms with Crippen LogP contribution in [0.2, 0.25) is 0 Å². The molecular weight excluding hydrogens is 489 g/mol. The molecular formula is C31H28FN7. The van der Waals surface area contributed by atoms with Crippen LogP contribution in [0.4, 0.5) is 4.39 Å². The van der Waals surface area contributed by atoms with E-state index in [1.807, 2.05) is 43.7 Å². The number of rotatable bonds is 5. The summed E-state index contributed by atoms with van der Waals surface area (Å²) in [5, 5.41) is 9.62. The third-order valence-electron chi connectivity index (χ3n) is 7.51. The summed E-state index contributed by atoms with van der Waals surface area (Å²) in [6.45, 7) is 5.09. The molecule has 0 radical (unpaired) electrons. The highest BCUT2D eigenvalue weighted by atomic mass is 19.1. The van der Waals surface area contributed by atoms with Crippen molar-refractivity contribution < 1.29 is 4.39 Å². The molecule has 1 aliphatic rings. The van der Waals surface area contributed by atoms with E-state index in [0.29, 0.717) is 0 Å². The average Bonchev–Trinajstić information content (AvgIpc) is 3.57. The molecule has 1 fully saturated rings. The topological polar surface area (TPSA) is 86.4 Å². The largest absolute Gasteiger partial charge is 0.353 e. The molecule has 1 saturated heterocycles. The van der Waals surface area contributed by atoms with E-state index in [2.05, 4.69) is 42.2 Å². The van der Waals surface area contributed by atoms with Crippen molar-refractivity contribution in [2.24, 2.45) is 0 Å². The number of halogens is 1. The second-order valence-corrected chi connectivity index (χ2v) is 10.4. The van der Waals surface area contributed by atoms with Gasteiger partial charge in [-0.05, 0) is 86.4 Å². The quantitative estimate of drug-likeness (QED) is 0.267. The van der Waals surface area contributed by atoms with E-state index in [1.165, 1.54) is 37.0 Å². The fourth-order valence-electron chi connectivity index (χ4n) is 5.65. The Morgan fingerprint density at radius 2 is 1.72 bits per heavy atom. The van der Waals surface area contributed by atoms with Gasteiger partial charge in [0.2, 0.25) is 0 Å². The molecule has 8 heteroatoms. The van der Waals surface area contributed by atoms with Crippen LogP contribution < -0.4 is 0 Å². The predicted molar refractivity (Wildman–Crippen MR) is 151 cm³/mol. The van der Waals surface area contributed by atoms with Crippen molar-refractivity contribution in [3.05, 3.63) is 84.2 Å². The van der Waals surface area contributed by atoms with Gasteiger partial charge < -0.3 is 4.98 Å². The minimum Gasteiger partial charge on any atom is -0.353 e. The molecule has 6 aromatic rings. The summed E-state index contributed by atoms with van der Waals surface area (Å²) in [4.78, 5) is 19.8. The van der Waals surface area contributed by atoms with Crippen LogP contribution in [0.5, 0.6) is 0 Å². The van der Waals surface area contributed by atoms with E-state index >= 15 is 0 Å². The first-order valence-electron chi connectivity index (χ1n) is 13.4. The summed E-state index contributed by atoms with van der Waals surface area (Å²) < 4.78 is 14.2. The number of hydrogen-bond donors (Lipinski definition) is 2. The molecule has 5 aromatic heterocycles. The molecule has 39 heavy (non-hydrogen) atoms. The minimum atomic E-state index is -0.271. The molecule has 1 aliphatic heterocycles. The van der Waals surface area contributed by atoms with Crippen LogP contribution in [0.25, 0.3) is 55.7 Å². The standard InChI is InChI=1S/C31H28FN7/c1-19-9-21(12-23(32)10-19)30-24-14-28(36-26(24)5-6-34-30)31-25-13-27(35-17-29(25)37-38-31)22-11-20(15-33-16-22)18-39-7-3-2-4-8-39/h5-6,9-17,36H,2-4,7-8,18H2,1H3,(H,37,38). The summed E-state index contributed by atoms with van der Waals surface area (Å²) in [5.74, 6) is -0.271. The summed E-state index contributed by atoms with van der Waals surface area (Å²) >= 11 is 0.